The van der Waals surface area contributed by atoms with Crippen molar-refractivity contribution in [2.75, 3.05) is 67.6 Å². The Morgan fingerprint density at radius 3 is 1.44 bits per heavy atom. The number of benzene rings is 4. The minimum Gasteiger partial charge on any atom is -0.435 e. The highest BCUT2D eigenvalue weighted by molar-refractivity contribution is 5.92. The van der Waals surface area contributed by atoms with E-state index in [9.17, 15) is 53.5 Å². The van der Waals surface area contributed by atoms with E-state index in [0.717, 1.165) is 20.9 Å². The van der Waals surface area contributed by atoms with Crippen LogP contribution in [0.3, 0.4) is 0 Å². The van der Waals surface area contributed by atoms with E-state index in [1.807, 2.05) is 0 Å². The lowest BCUT2D eigenvalue weighted by molar-refractivity contribution is -0.189. The average Bonchev–Trinajstić information content (AvgIpc) is 0.843. The number of aryl methyl sites for hydroxylation is 2. The van der Waals surface area contributed by atoms with E-state index < -0.39 is 62.8 Å². The number of urea groups is 2. The molecule has 0 spiro atoms. The number of amides is 4. The Morgan fingerprint density at radius 1 is 0.613 bits per heavy atom. The number of nitrogens with one attached hydrogen (secondary N) is 5. The second-order valence-corrected chi connectivity index (χ2v) is 17.0. The molecule has 75 heavy (non-hydrogen) atoms. The number of alkyl halides is 10. The molecule has 6 aromatic rings. The molecule has 8 rings (SSSR count). The lowest BCUT2D eigenvalue weighted by Crippen LogP contribution is -2.59. The van der Waals surface area contributed by atoms with Gasteiger partial charge in [-0.3, -0.25) is 4.90 Å². The number of rotatable bonds is 12. The van der Waals surface area contributed by atoms with Crippen LogP contribution in [0.2, 0.25) is 0 Å². The first-order chi connectivity index (χ1) is 46.6. The molecule has 0 aliphatic carbocycles. The number of nitrogens with zero attached hydrogens (tertiary/aromatic N) is 7. The largest absolute Gasteiger partial charge is 0.435 e. The van der Waals surface area contributed by atoms with Gasteiger partial charge in [-0.15, -0.1) is 0 Å². The molecule has 4 aromatic carbocycles. The van der Waals surface area contributed by atoms with Crippen LogP contribution in [0.25, 0.3) is 22.3 Å². The zero-order chi connectivity index (χ0) is 76.0. The molecule has 0 saturated carbocycles. The summed E-state index contributed by atoms with van der Waals surface area (Å²) in [7, 11) is 1.39. The summed E-state index contributed by atoms with van der Waals surface area (Å²) in [6.45, 7) is -2.73. The summed E-state index contributed by atoms with van der Waals surface area (Å²) in [5.41, 5.74) is 6.13. The van der Waals surface area contributed by atoms with E-state index in [0.29, 0.717) is 45.0 Å². The van der Waals surface area contributed by atoms with Crippen LogP contribution in [-0.4, -0.2) is 131 Å². The van der Waals surface area contributed by atoms with E-state index in [1.165, 1.54) is 36.2 Å². The number of hydrogen-bond acceptors (Lipinski definition) is 12. The third-order valence-electron chi connectivity index (χ3n) is 11.8. The van der Waals surface area contributed by atoms with E-state index in [2.05, 4.69) is 56.0 Å². The van der Waals surface area contributed by atoms with Gasteiger partial charge in [-0.2, -0.15) is 43.9 Å². The number of likely N-dealkylation sites (N-methyl/N-ethyl adjacent to an activating group) is 1. The van der Waals surface area contributed by atoms with Crippen molar-refractivity contribution < 1.29 is 97.1 Å². The Kier molecular flexibility index (Phi) is 13.2. The standard InChI is InChI=1S/C25H25F5N6O2.C24H23F5N6O2.12H2/c1-15-3-6-18(11-20(15)34-24(37)36-10-9-35(2)21(14-36)25(28,29)30)33-23-31-12-17(13-32-23)16-4-7-19(8-5-16)38-22(26)27;1-14-2-5-17(10-19(14)34-23(36)35-9-8-30-20(13-35)24(27,28)29)33-22-31-11-16(12-32-22)15-3-6-18(7-4-15)37-21(25)26;;;;;;;;;;;;/h3-8,11-13,21-22H,9-10,14H2,1-2H3,(H,34,37)(H,31,32,33);2-7,10-12,20-21,30H,8-9,13H2,1H3,(H,34,36)(H,31,32,33);12*1H/i;;11*1+1D;1+1. The van der Waals surface area contributed by atoms with Gasteiger partial charge in [-0.25, -0.2) is 29.5 Å². The number of halogens is 10. The molecule has 0 radical (unpaired) electrons. The summed E-state index contributed by atoms with van der Waals surface area (Å²) in [5.74, 6) is 0.604. The van der Waals surface area contributed by atoms with E-state index in [-0.39, 0.29) is 51.0 Å². The Hall–Kier alpha value is -8.00. The molecular formula is C49H72F10N12O4. The summed E-state index contributed by atoms with van der Waals surface area (Å²) in [6, 6.07) is 17.6. The van der Waals surface area contributed by atoms with E-state index >= 15 is 0 Å². The molecule has 422 valence electrons. The third kappa shape index (κ3) is 15.3. The number of ether oxygens (including phenoxy) is 2. The van der Waals surface area contributed by atoms with Crippen molar-refractivity contribution in [1.29, 1.82) is 0 Å². The normalized spacial score (nSPS) is 17.4. The predicted molar refractivity (Wildman–Crippen MR) is 284 cm³/mol. The molecular weight excluding hydrogens is 1010 g/mol. The van der Waals surface area contributed by atoms with Crippen molar-refractivity contribution in [3.8, 4) is 33.8 Å². The van der Waals surface area contributed by atoms with E-state index in [4.69, 9.17) is 32.7 Å². The number of aromatic nitrogens is 4. The monoisotopic (exact) mass is 1110 g/mol. The van der Waals surface area contributed by atoms with Gasteiger partial charge < -0.3 is 45.9 Å². The van der Waals surface area contributed by atoms with Crippen LogP contribution in [-0.2, 0) is 0 Å². The number of hydrogen-bond donors (Lipinski definition) is 5. The van der Waals surface area contributed by atoms with Crippen LogP contribution < -0.4 is 36.1 Å². The van der Waals surface area contributed by atoms with Crippen molar-refractivity contribution in [2.45, 2.75) is 51.5 Å². The molecule has 2 saturated heterocycles. The maximum absolute atomic E-state index is 13.3. The highest BCUT2D eigenvalue weighted by atomic mass is 19.4. The molecule has 2 fully saturated rings. The smallest absolute Gasteiger partial charge is 0.405 e. The van der Waals surface area contributed by atoms with Crippen LogP contribution in [0, 0.1) is 13.8 Å². The van der Waals surface area contributed by atoms with Crippen molar-refractivity contribution in [2.24, 2.45) is 0 Å². The van der Waals surface area contributed by atoms with Crippen LogP contribution in [0.1, 0.15) is 45.2 Å². The molecule has 26 heteroatoms. The summed E-state index contributed by atoms with van der Waals surface area (Å²) in [4.78, 5) is 45.9. The lowest BCUT2D eigenvalue weighted by Gasteiger charge is -2.40. The minimum atomic E-state index is -4.44. The van der Waals surface area contributed by atoms with Crippen LogP contribution in [0.15, 0.2) is 110 Å². The molecule has 2 atom stereocenters. The van der Waals surface area contributed by atoms with Crippen molar-refractivity contribution >= 4 is 46.7 Å². The maximum Gasteiger partial charge on any atom is 0.405 e. The molecule has 2 aliphatic rings. The number of carbonyl (C=O) groups is 2. The fraction of sp³-hybridized carbons (Fsp3) is 0.306. The van der Waals surface area contributed by atoms with Gasteiger partial charge in [0.1, 0.15) is 23.6 Å². The van der Waals surface area contributed by atoms with Gasteiger partial charge in [0.2, 0.25) is 11.9 Å². The van der Waals surface area contributed by atoms with Crippen LogP contribution in [0.5, 0.6) is 11.5 Å². The maximum atomic E-state index is 13.3. The third-order valence-corrected chi connectivity index (χ3v) is 11.8. The highest BCUT2D eigenvalue weighted by Gasteiger charge is 2.46. The fourth-order valence-corrected chi connectivity index (χ4v) is 7.62. The molecule has 2 aliphatic heterocycles. The predicted octanol–water partition coefficient (Wildman–Crippen LogP) is 13.6. The minimum absolute atomic E-state index is 0. The number of carbonyl (C=O) groups excluding carboxylic acids is 2. The molecule has 16 nitrogen and oxygen atoms in total. The zero-order valence-corrected chi connectivity index (χ0v) is 40.0. The topological polar surface area (TPSA) is 174 Å². The van der Waals surface area contributed by atoms with Crippen LogP contribution >= 0.6 is 0 Å². The first kappa shape index (κ1) is 41.4. The lowest BCUT2D eigenvalue weighted by atomic mass is 10.1. The molecule has 4 amide bonds. The molecule has 2 aromatic heterocycles. The summed E-state index contributed by atoms with van der Waals surface area (Å²) in [6.07, 6.45) is -2.66. The molecule has 2 unspecified atom stereocenters. The Balaban J connectivity index is -0.000000334. The summed E-state index contributed by atoms with van der Waals surface area (Å²) >= 11 is 0. The zero-order valence-electron chi connectivity index (χ0n) is 62.0. The fourth-order valence-electron chi connectivity index (χ4n) is 7.62. The highest BCUT2D eigenvalue weighted by Crippen LogP contribution is 2.31. The summed E-state index contributed by atoms with van der Waals surface area (Å²) in [5, 5.41) is 13.8. The number of anilines is 6. The Morgan fingerprint density at radius 2 is 1.04 bits per heavy atom. The first-order valence-electron chi connectivity index (χ1n) is 33.8. The molecule has 4 heterocycles. The Labute approximate surface area is 457 Å². The van der Waals surface area contributed by atoms with Crippen molar-refractivity contribution in [3.05, 3.63) is 121 Å². The quantitative estimate of drug-likeness (QED) is 0.0735. The Bertz CT molecular complexity index is 2940. The van der Waals surface area contributed by atoms with Gasteiger partial charge >= 0.3 is 37.6 Å². The second kappa shape index (κ2) is 23.9. The van der Waals surface area contributed by atoms with Gasteiger partial charge in [0.15, 0.2) is 0 Å². The molecule has 0 bridgehead atoms. The van der Waals surface area contributed by atoms with Gasteiger partial charge in [0.25, 0.3) is 0 Å². The number of piperazine rings is 2. The molecule has 5 N–H and O–H groups in total. The van der Waals surface area contributed by atoms with Gasteiger partial charge in [-0.05, 0) is 91.7 Å². The van der Waals surface area contributed by atoms with Gasteiger partial charge in [0, 0.05) is 132 Å². The first-order valence-corrected chi connectivity index (χ1v) is 22.8. The average molecular weight is 1110 g/mol. The summed E-state index contributed by atoms with van der Waals surface area (Å²) < 4.78 is 247. The second-order valence-electron chi connectivity index (χ2n) is 17.0. The van der Waals surface area contributed by atoms with E-state index in [1.54, 1.807) is 99.3 Å². The van der Waals surface area contributed by atoms with Crippen molar-refractivity contribution in [3.63, 3.8) is 0 Å². The SMILES string of the molecule is Cc1ccc(Nc2ncc(-c3ccc(OC(F)F)cc3)cn2)cc1NC(=O)N1CCN(C)C(C(F)(F)F)C1.Cc1ccc(Nc2ncc(-c3ccc(OC(F)F)cc3)cn2)cc1NC(=O)N1CCNC(C(F)(F)F)C1.[2HH].[2H][2H].[2H][2H].[2H][2H].[2H][2H].[2H][2H].[2H][2H].[2H][2H].[2H][2H].[2H][2H].[2H][2H].[2H][2H]. The van der Waals surface area contributed by atoms with Crippen molar-refractivity contribution in [1.82, 2.24) is 40.0 Å². The van der Waals surface area contributed by atoms with Gasteiger partial charge in [0.05, 0.1) is 0 Å². The van der Waals surface area contributed by atoms with Crippen LogP contribution in [0.4, 0.5) is 88.1 Å². The van der Waals surface area contributed by atoms with Gasteiger partial charge in [-0.1, -0.05) is 36.4 Å².